The summed E-state index contributed by atoms with van der Waals surface area (Å²) in [5, 5.41) is 32.8. The summed E-state index contributed by atoms with van der Waals surface area (Å²) < 4.78 is 9.39. The number of benzene rings is 9. The first-order valence-electron chi connectivity index (χ1n) is 23.5. The molecule has 0 bridgehead atoms. The number of rotatable bonds is 6. The van der Waals surface area contributed by atoms with Gasteiger partial charge < -0.3 is 18.3 Å². The van der Waals surface area contributed by atoms with Gasteiger partial charge in [0.2, 0.25) is 0 Å². The Morgan fingerprint density at radius 1 is 0.324 bits per heavy atom. The van der Waals surface area contributed by atoms with Crippen molar-refractivity contribution in [3.8, 4) is 34.9 Å². The maximum Gasteiger partial charge on any atom is 0.102 e. The van der Waals surface area contributed by atoms with Crippen molar-refractivity contribution >= 4 is 87.2 Å². The van der Waals surface area contributed by atoms with Gasteiger partial charge in [-0.2, -0.15) is 10.5 Å². The smallest absolute Gasteiger partial charge is 0.102 e. The fourth-order valence-corrected chi connectivity index (χ4v) is 11.8. The summed E-state index contributed by atoms with van der Waals surface area (Å²) in [6.07, 6.45) is 0. The fraction of sp³-hybridized carbons (Fsp3) is 0.0968. The minimum atomic E-state index is -0.113. The summed E-state index contributed by atoms with van der Waals surface area (Å²) >= 11 is 0. The molecule has 0 saturated carbocycles. The van der Waals surface area contributed by atoms with Crippen LogP contribution in [0.5, 0.6) is 0 Å². The van der Waals surface area contributed by atoms with E-state index in [-0.39, 0.29) is 11.8 Å². The molecule has 13 rings (SSSR count). The molecule has 0 spiro atoms. The number of fused-ring (bicyclic) bond motifs is 14. The summed E-state index contributed by atoms with van der Waals surface area (Å²) in [5.74, 6) is -0.226. The second-order valence-corrected chi connectivity index (χ2v) is 18.6. The lowest BCUT2D eigenvalue weighted by atomic mass is 9.83. The lowest BCUT2D eigenvalue weighted by Crippen LogP contribution is -2.16. The Hall–Kier alpha value is -8.84. The molecule has 0 atom stereocenters. The Morgan fingerprint density at radius 3 is 1.04 bits per heavy atom. The fourth-order valence-electron chi connectivity index (χ4n) is 11.8. The highest BCUT2D eigenvalue weighted by Crippen LogP contribution is 2.50. The van der Waals surface area contributed by atoms with Crippen LogP contribution in [0.2, 0.25) is 0 Å². The van der Waals surface area contributed by atoms with Crippen LogP contribution in [-0.4, -0.2) is 18.3 Å². The Bertz CT molecular complexity index is 4280. The molecule has 0 amide bonds. The van der Waals surface area contributed by atoms with Crippen LogP contribution in [0.3, 0.4) is 0 Å². The lowest BCUT2D eigenvalue weighted by Gasteiger charge is -2.28. The van der Waals surface area contributed by atoms with Crippen molar-refractivity contribution in [2.24, 2.45) is 0 Å². The number of nitriles is 2. The molecule has 0 N–H and O–H groups in total. The molecular weight excluding hydrogens is 829 g/mol. The minimum Gasteiger partial charge on any atom is -0.309 e. The molecule has 13 aromatic rings. The molecular formula is C62H44N6. The van der Waals surface area contributed by atoms with Gasteiger partial charge in [0, 0.05) is 54.5 Å². The zero-order valence-corrected chi connectivity index (χ0v) is 38.2. The molecule has 0 aliphatic carbocycles. The lowest BCUT2D eigenvalue weighted by molar-refractivity contribution is 0.806. The molecule has 6 nitrogen and oxygen atoms in total. The predicted molar refractivity (Wildman–Crippen MR) is 281 cm³/mol. The van der Waals surface area contributed by atoms with E-state index in [4.69, 9.17) is 0 Å². The third kappa shape index (κ3) is 5.26. The van der Waals surface area contributed by atoms with Crippen LogP contribution in [0.1, 0.15) is 61.8 Å². The highest BCUT2D eigenvalue weighted by atomic mass is 15.0. The molecule has 0 aliphatic rings. The van der Waals surface area contributed by atoms with Crippen molar-refractivity contribution < 1.29 is 0 Å². The van der Waals surface area contributed by atoms with E-state index in [0.29, 0.717) is 16.8 Å². The second-order valence-electron chi connectivity index (χ2n) is 18.6. The molecule has 0 fully saturated rings. The molecule has 322 valence electrons. The van der Waals surface area contributed by atoms with Gasteiger partial charge in [-0.3, -0.25) is 0 Å². The second kappa shape index (κ2) is 14.8. The quantitative estimate of drug-likeness (QED) is 0.167. The van der Waals surface area contributed by atoms with E-state index in [1.54, 1.807) is 0 Å². The van der Waals surface area contributed by atoms with Crippen LogP contribution >= 0.6 is 0 Å². The van der Waals surface area contributed by atoms with Gasteiger partial charge in [-0.1, -0.05) is 149 Å². The van der Waals surface area contributed by atoms with E-state index in [2.05, 4.69) is 234 Å². The van der Waals surface area contributed by atoms with Gasteiger partial charge in [-0.05, 0) is 83.6 Å². The molecule has 9 aromatic carbocycles. The highest BCUT2D eigenvalue weighted by molar-refractivity contribution is 6.28. The number of aromatic nitrogens is 4. The Labute approximate surface area is 392 Å². The van der Waals surface area contributed by atoms with E-state index >= 15 is 0 Å². The zero-order chi connectivity index (χ0) is 45.9. The van der Waals surface area contributed by atoms with E-state index in [1.807, 2.05) is 6.07 Å². The Morgan fingerprint density at radius 2 is 0.662 bits per heavy atom. The first kappa shape index (κ1) is 39.5. The normalized spacial score (nSPS) is 12.1. The molecule has 4 aromatic heterocycles. The predicted octanol–water partition coefficient (Wildman–Crippen LogP) is 16.1. The maximum absolute atomic E-state index is 12.0. The average molecular weight is 873 g/mol. The van der Waals surface area contributed by atoms with Gasteiger partial charge in [0.05, 0.1) is 66.6 Å². The number of hydrogen-bond donors (Lipinski definition) is 0. The van der Waals surface area contributed by atoms with E-state index in [1.165, 1.54) is 0 Å². The standard InChI is InChI=1S/C62H44N6/c1-37(2)55-47(35-63)59(67-49-27-15-11-23-41(49)43-31-33-53-57(60(43)67)45-25-13-17-29-51(45)65(53)39-19-7-5-8-20-39)48(36-64)56(38(3)4)62(55)68-50-28-16-12-24-42(50)44-32-34-54-58(61(44)68)46-26-14-18-30-52(46)66(54)40-21-9-6-10-22-40/h5-34,37-38H,1-4H3. The van der Waals surface area contributed by atoms with Gasteiger partial charge in [0.1, 0.15) is 12.1 Å². The highest BCUT2D eigenvalue weighted by Gasteiger charge is 2.33. The van der Waals surface area contributed by atoms with Crippen LogP contribution in [0.4, 0.5) is 0 Å². The van der Waals surface area contributed by atoms with Crippen molar-refractivity contribution in [3.63, 3.8) is 0 Å². The van der Waals surface area contributed by atoms with Crippen molar-refractivity contribution in [2.45, 2.75) is 39.5 Å². The van der Waals surface area contributed by atoms with Crippen molar-refractivity contribution in [1.29, 1.82) is 10.5 Å². The average Bonchev–Trinajstić information content (AvgIpc) is 4.10. The summed E-state index contributed by atoms with van der Waals surface area (Å²) in [7, 11) is 0. The van der Waals surface area contributed by atoms with Crippen LogP contribution in [0, 0.1) is 22.7 Å². The molecule has 0 saturated heterocycles. The van der Waals surface area contributed by atoms with Crippen molar-refractivity contribution in [1.82, 2.24) is 18.3 Å². The summed E-state index contributed by atoms with van der Waals surface area (Å²) in [6, 6.07) is 70.0. The SMILES string of the molecule is CC(C)c1c(C#N)c(-n2c3ccccc3c3ccc4c(c5ccccc5n4-c4ccccc4)c32)c(C#N)c(C(C)C)c1-n1c2ccccc2c2ccc3c(c4ccccc4n3-c3ccccc3)c21. The first-order chi connectivity index (χ1) is 33.4. The monoisotopic (exact) mass is 872 g/mol. The molecule has 6 heteroatoms. The zero-order valence-electron chi connectivity index (χ0n) is 38.2. The largest absolute Gasteiger partial charge is 0.309 e. The third-order valence-electron chi connectivity index (χ3n) is 14.3. The van der Waals surface area contributed by atoms with Crippen molar-refractivity contribution in [3.05, 3.63) is 204 Å². The summed E-state index contributed by atoms with van der Waals surface area (Å²) in [5.41, 5.74) is 14.9. The van der Waals surface area contributed by atoms with E-state index in [9.17, 15) is 10.5 Å². The Balaban J connectivity index is 1.25. The summed E-state index contributed by atoms with van der Waals surface area (Å²) in [4.78, 5) is 0. The van der Waals surface area contributed by atoms with Crippen LogP contribution in [0.25, 0.3) is 110 Å². The topological polar surface area (TPSA) is 67.3 Å². The number of para-hydroxylation sites is 6. The minimum absolute atomic E-state index is 0.113. The van der Waals surface area contributed by atoms with E-state index in [0.717, 1.165) is 115 Å². The molecule has 0 radical (unpaired) electrons. The van der Waals surface area contributed by atoms with E-state index < -0.39 is 0 Å². The maximum atomic E-state index is 12.0. The van der Waals surface area contributed by atoms with Gasteiger partial charge >= 0.3 is 0 Å². The number of hydrogen-bond acceptors (Lipinski definition) is 2. The molecule has 0 unspecified atom stereocenters. The van der Waals surface area contributed by atoms with Crippen molar-refractivity contribution in [2.75, 3.05) is 0 Å². The van der Waals surface area contributed by atoms with Gasteiger partial charge in [0.25, 0.3) is 0 Å². The first-order valence-corrected chi connectivity index (χ1v) is 23.5. The van der Waals surface area contributed by atoms with Gasteiger partial charge in [-0.25, -0.2) is 0 Å². The molecule has 4 heterocycles. The van der Waals surface area contributed by atoms with Gasteiger partial charge in [0.15, 0.2) is 0 Å². The third-order valence-corrected chi connectivity index (χ3v) is 14.3. The van der Waals surface area contributed by atoms with Gasteiger partial charge in [-0.15, -0.1) is 0 Å². The Kier molecular flexibility index (Phi) is 8.62. The number of nitrogens with zero attached hydrogens (tertiary/aromatic N) is 6. The molecule has 68 heavy (non-hydrogen) atoms. The van der Waals surface area contributed by atoms with Crippen LogP contribution in [-0.2, 0) is 0 Å². The summed E-state index contributed by atoms with van der Waals surface area (Å²) in [6.45, 7) is 8.79. The van der Waals surface area contributed by atoms with Crippen LogP contribution < -0.4 is 0 Å². The molecule has 0 aliphatic heterocycles. The van der Waals surface area contributed by atoms with Crippen LogP contribution in [0.15, 0.2) is 182 Å².